The molecular formula is C11H7ClFN3O2S2. The molecule has 9 heteroatoms. The molecule has 0 unspecified atom stereocenters. The van der Waals surface area contributed by atoms with Crippen LogP contribution in [0.4, 0.5) is 15.1 Å². The van der Waals surface area contributed by atoms with Crippen molar-refractivity contribution < 1.29 is 12.8 Å². The molecule has 0 radical (unpaired) electrons. The van der Waals surface area contributed by atoms with Crippen molar-refractivity contribution in [3.05, 3.63) is 40.0 Å². The van der Waals surface area contributed by atoms with E-state index in [1.165, 1.54) is 6.07 Å². The second-order valence-corrected chi connectivity index (χ2v) is 6.66. The summed E-state index contributed by atoms with van der Waals surface area (Å²) in [5.74, 6) is -0.803. The topological polar surface area (TPSA) is 96.0 Å². The van der Waals surface area contributed by atoms with Gasteiger partial charge in [0.05, 0.1) is 16.3 Å². The highest BCUT2D eigenvalue weighted by atomic mass is 35.5. The summed E-state index contributed by atoms with van der Waals surface area (Å²) in [6, 6.07) is 5.08. The molecular weight excluding hydrogens is 325 g/mol. The van der Waals surface area contributed by atoms with Crippen molar-refractivity contribution in [1.29, 1.82) is 5.26 Å². The molecule has 5 nitrogen and oxygen atoms in total. The van der Waals surface area contributed by atoms with Gasteiger partial charge in [-0.2, -0.15) is 5.26 Å². The smallest absolute Gasteiger partial charge is 0.264 e. The molecule has 0 spiro atoms. The van der Waals surface area contributed by atoms with Crippen LogP contribution in [0, 0.1) is 17.1 Å². The second kappa shape index (κ2) is 5.28. The van der Waals surface area contributed by atoms with Gasteiger partial charge in [-0.25, -0.2) is 12.8 Å². The van der Waals surface area contributed by atoms with Crippen LogP contribution in [0.3, 0.4) is 0 Å². The minimum Gasteiger partial charge on any atom is -0.396 e. The number of sulfonamides is 1. The van der Waals surface area contributed by atoms with Crippen LogP contribution in [0.2, 0.25) is 5.02 Å². The average Bonchev–Trinajstić information content (AvgIpc) is 2.80. The monoisotopic (exact) mass is 331 g/mol. The number of nitriles is 1. The molecule has 1 heterocycles. The molecule has 2 aromatic rings. The van der Waals surface area contributed by atoms with Crippen molar-refractivity contribution in [2.75, 3.05) is 10.5 Å². The average molecular weight is 332 g/mol. The molecule has 2 rings (SSSR count). The number of rotatable bonds is 3. The molecule has 104 valence electrons. The second-order valence-electron chi connectivity index (χ2n) is 3.68. The molecule has 1 aromatic heterocycles. The lowest BCUT2D eigenvalue weighted by Gasteiger charge is -2.09. The minimum absolute atomic E-state index is 0.159. The number of hydrogen-bond acceptors (Lipinski definition) is 5. The molecule has 0 saturated heterocycles. The van der Waals surface area contributed by atoms with Crippen LogP contribution in [0.15, 0.2) is 28.5 Å². The Morgan fingerprint density at radius 2 is 2.15 bits per heavy atom. The Kier molecular flexibility index (Phi) is 3.85. The molecule has 20 heavy (non-hydrogen) atoms. The SMILES string of the molecule is N#Cc1ccsc1NS(=O)(=O)c1cc(N)c(F)cc1Cl. The van der Waals surface area contributed by atoms with E-state index in [0.717, 1.165) is 23.5 Å². The van der Waals surface area contributed by atoms with Crippen LogP contribution in [-0.4, -0.2) is 8.42 Å². The zero-order valence-corrected chi connectivity index (χ0v) is 12.1. The lowest BCUT2D eigenvalue weighted by Crippen LogP contribution is -2.14. The van der Waals surface area contributed by atoms with E-state index in [1.807, 2.05) is 6.07 Å². The molecule has 0 amide bonds. The number of thiophene rings is 1. The molecule has 0 aliphatic heterocycles. The van der Waals surface area contributed by atoms with Gasteiger partial charge in [-0.1, -0.05) is 11.6 Å². The lowest BCUT2D eigenvalue weighted by molar-refractivity contribution is 0.600. The van der Waals surface area contributed by atoms with Crippen LogP contribution < -0.4 is 10.5 Å². The maximum atomic E-state index is 13.2. The molecule has 0 bridgehead atoms. The fraction of sp³-hybridized carbons (Fsp3) is 0. The van der Waals surface area contributed by atoms with Gasteiger partial charge in [0.15, 0.2) is 0 Å². The zero-order chi connectivity index (χ0) is 14.9. The first kappa shape index (κ1) is 14.6. The van der Waals surface area contributed by atoms with E-state index in [0.29, 0.717) is 0 Å². The third-order valence-electron chi connectivity index (χ3n) is 2.35. The molecule has 0 atom stereocenters. The number of nitrogens with two attached hydrogens (primary N) is 1. The van der Waals surface area contributed by atoms with Gasteiger partial charge in [-0.05, 0) is 23.6 Å². The summed E-state index contributed by atoms with van der Waals surface area (Å²) in [5.41, 5.74) is 5.19. The predicted molar refractivity (Wildman–Crippen MR) is 75.7 cm³/mol. The van der Waals surface area contributed by atoms with E-state index < -0.39 is 15.8 Å². The summed E-state index contributed by atoms with van der Waals surface area (Å²) in [6.07, 6.45) is 0. The Morgan fingerprint density at radius 3 is 2.80 bits per heavy atom. The largest absolute Gasteiger partial charge is 0.396 e. The first-order valence-corrected chi connectivity index (χ1v) is 7.84. The van der Waals surface area contributed by atoms with E-state index in [4.69, 9.17) is 22.6 Å². The standard InChI is InChI=1S/C11H7ClFN3O2S2/c12-7-3-8(13)9(15)4-10(7)20(17,18)16-11-6(5-14)1-2-19-11/h1-4,16H,15H2. The molecule has 0 aliphatic rings. The summed E-state index contributed by atoms with van der Waals surface area (Å²) in [6.45, 7) is 0. The maximum absolute atomic E-state index is 13.2. The number of nitrogens with one attached hydrogen (secondary N) is 1. The quantitative estimate of drug-likeness (QED) is 0.845. The van der Waals surface area contributed by atoms with Gasteiger partial charge in [0.1, 0.15) is 21.8 Å². The number of hydrogen-bond donors (Lipinski definition) is 2. The third kappa shape index (κ3) is 2.70. The third-order valence-corrected chi connectivity index (χ3v) is 5.13. The molecule has 0 saturated carbocycles. The fourth-order valence-corrected chi connectivity index (χ4v) is 4.02. The van der Waals surface area contributed by atoms with Crippen molar-refractivity contribution in [2.45, 2.75) is 4.90 Å². The number of nitrogen functional groups attached to an aromatic ring is 1. The Labute approximate surface area is 123 Å². The number of halogens is 2. The molecule has 1 aromatic carbocycles. The first-order chi connectivity index (χ1) is 9.35. The maximum Gasteiger partial charge on any atom is 0.264 e. The Hall–Kier alpha value is -1.82. The first-order valence-electron chi connectivity index (χ1n) is 5.10. The number of nitrogens with zero attached hydrogens (tertiary/aromatic N) is 1. The highest BCUT2D eigenvalue weighted by molar-refractivity contribution is 7.93. The van der Waals surface area contributed by atoms with Crippen LogP contribution in [0.5, 0.6) is 0 Å². The Morgan fingerprint density at radius 1 is 1.45 bits per heavy atom. The zero-order valence-electron chi connectivity index (χ0n) is 9.72. The van der Waals surface area contributed by atoms with Crippen molar-refractivity contribution in [3.63, 3.8) is 0 Å². The Bertz CT molecular complexity index is 812. The van der Waals surface area contributed by atoms with Crippen LogP contribution >= 0.6 is 22.9 Å². The van der Waals surface area contributed by atoms with E-state index >= 15 is 0 Å². The lowest BCUT2D eigenvalue weighted by atomic mass is 10.3. The van der Waals surface area contributed by atoms with Gasteiger partial charge in [0.25, 0.3) is 10.0 Å². The van der Waals surface area contributed by atoms with Gasteiger partial charge < -0.3 is 5.73 Å². The van der Waals surface area contributed by atoms with Gasteiger partial charge in [-0.3, -0.25) is 4.72 Å². The highest BCUT2D eigenvalue weighted by Crippen LogP contribution is 2.30. The van der Waals surface area contributed by atoms with E-state index in [9.17, 15) is 12.8 Å². The van der Waals surface area contributed by atoms with Gasteiger partial charge in [0, 0.05) is 0 Å². The van der Waals surface area contributed by atoms with Crippen LogP contribution in [0.25, 0.3) is 0 Å². The van der Waals surface area contributed by atoms with Crippen molar-refractivity contribution in [1.82, 2.24) is 0 Å². The summed E-state index contributed by atoms with van der Waals surface area (Å²) >= 11 is 6.77. The number of anilines is 2. The summed E-state index contributed by atoms with van der Waals surface area (Å²) < 4.78 is 39.8. The normalized spacial score (nSPS) is 11.1. The highest BCUT2D eigenvalue weighted by Gasteiger charge is 2.22. The van der Waals surface area contributed by atoms with Gasteiger partial charge >= 0.3 is 0 Å². The van der Waals surface area contributed by atoms with Crippen LogP contribution in [0.1, 0.15) is 5.56 Å². The fourth-order valence-electron chi connectivity index (χ4n) is 1.40. The minimum atomic E-state index is -4.06. The Balaban J connectivity index is 2.47. The van der Waals surface area contributed by atoms with Crippen LogP contribution in [-0.2, 0) is 10.0 Å². The van der Waals surface area contributed by atoms with Crippen molar-refractivity contribution in [3.8, 4) is 6.07 Å². The summed E-state index contributed by atoms with van der Waals surface area (Å²) in [7, 11) is -4.06. The summed E-state index contributed by atoms with van der Waals surface area (Å²) in [5, 5.41) is 10.3. The van der Waals surface area contributed by atoms with Crippen molar-refractivity contribution in [2.24, 2.45) is 0 Å². The summed E-state index contributed by atoms with van der Waals surface area (Å²) in [4.78, 5) is -0.352. The molecule has 0 fully saturated rings. The van der Waals surface area contributed by atoms with Gasteiger partial charge in [0.2, 0.25) is 0 Å². The molecule has 0 aliphatic carbocycles. The molecule has 3 N–H and O–H groups in total. The van der Waals surface area contributed by atoms with Gasteiger partial charge in [-0.15, -0.1) is 11.3 Å². The van der Waals surface area contributed by atoms with E-state index in [-0.39, 0.29) is 26.2 Å². The van der Waals surface area contributed by atoms with Crippen molar-refractivity contribution >= 4 is 43.6 Å². The van der Waals surface area contributed by atoms with E-state index in [2.05, 4.69) is 4.72 Å². The van der Waals surface area contributed by atoms with E-state index in [1.54, 1.807) is 5.38 Å². The number of benzene rings is 1. The predicted octanol–water partition coefficient (Wildman–Crippen LogP) is 2.80.